The fraction of sp³-hybridized carbons (Fsp3) is 0.348. The van der Waals surface area contributed by atoms with Gasteiger partial charge in [0.2, 0.25) is 10.0 Å². The van der Waals surface area contributed by atoms with Crippen LogP contribution in [0.2, 0.25) is 0 Å². The Morgan fingerprint density at radius 1 is 1.00 bits per heavy atom. The molecule has 0 aliphatic carbocycles. The minimum atomic E-state index is -3.70. The van der Waals surface area contributed by atoms with Crippen molar-refractivity contribution in [2.45, 2.75) is 25.2 Å². The predicted octanol–water partition coefficient (Wildman–Crippen LogP) is 2.98. The largest absolute Gasteiger partial charge is 0.357 e. The summed E-state index contributed by atoms with van der Waals surface area (Å²) in [5, 5.41) is 0. The first-order valence-corrected chi connectivity index (χ1v) is 11.9. The van der Waals surface area contributed by atoms with Gasteiger partial charge in [0.15, 0.2) is 11.6 Å². The molecule has 0 N–H and O–H groups in total. The molecule has 3 aromatic rings. The Morgan fingerprint density at radius 3 is 2.25 bits per heavy atom. The van der Waals surface area contributed by atoms with E-state index in [0.717, 1.165) is 28.4 Å². The molecule has 1 amide bonds. The first kappa shape index (κ1) is 22.2. The smallest absolute Gasteiger partial charge is 0.259 e. The van der Waals surface area contributed by atoms with E-state index in [0.29, 0.717) is 34.8 Å². The fourth-order valence-corrected chi connectivity index (χ4v) is 5.08. The molecule has 1 aliphatic heterocycles. The normalized spacial score (nSPS) is 14.6. The molecule has 32 heavy (non-hydrogen) atoms. The zero-order valence-corrected chi connectivity index (χ0v) is 19.8. The standard InChI is InChI=1S/C23H27N5O3S/c1-15-13-17(14-20(16(15)2)32(30,31)26(3)4)23(29)28-12-8-11-27(5)21-22(28)25-19-10-7-6-9-18(19)24-21/h6-7,9-10,13-14H,8,11-12H2,1-5H3. The Hall–Kier alpha value is -3.04. The summed E-state index contributed by atoms with van der Waals surface area (Å²) < 4.78 is 26.9. The molecule has 0 saturated carbocycles. The van der Waals surface area contributed by atoms with E-state index in [4.69, 9.17) is 9.97 Å². The second kappa shape index (κ2) is 8.14. The van der Waals surface area contributed by atoms with Crippen LogP contribution in [0.4, 0.5) is 11.6 Å². The van der Waals surface area contributed by atoms with Gasteiger partial charge in [-0.1, -0.05) is 12.1 Å². The fourth-order valence-electron chi connectivity index (χ4n) is 3.87. The average molecular weight is 454 g/mol. The summed E-state index contributed by atoms with van der Waals surface area (Å²) in [6.45, 7) is 4.77. The lowest BCUT2D eigenvalue weighted by molar-refractivity contribution is 0.0986. The van der Waals surface area contributed by atoms with Crippen molar-refractivity contribution in [2.75, 3.05) is 44.0 Å². The minimum Gasteiger partial charge on any atom is -0.357 e. The van der Waals surface area contributed by atoms with Crippen LogP contribution in [-0.4, -0.2) is 62.8 Å². The van der Waals surface area contributed by atoms with Crippen LogP contribution in [0.3, 0.4) is 0 Å². The van der Waals surface area contributed by atoms with Gasteiger partial charge < -0.3 is 4.90 Å². The van der Waals surface area contributed by atoms with Crippen molar-refractivity contribution in [3.8, 4) is 0 Å². The number of benzene rings is 2. The summed E-state index contributed by atoms with van der Waals surface area (Å²) in [5.41, 5.74) is 3.16. The molecular weight excluding hydrogens is 426 g/mol. The van der Waals surface area contributed by atoms with Gasteiger partial charge in [-0.25, -0.2) is 22.7 Å². The zero-order valence-electron chi connectivity index (χ0n) is 19.0. The summed E-state index contributed by atoms with van der Waals surface area (Å²) in [6, 6.07) is 10.8. The van der Waals surface area contributed by atoms with Crippen LogP contribution >= 0.6 is 0 Å². The summed E-state index contributed by atoms with van der Waals surface area (Å²) in [6.07, 6.45) is 0.740. The van der Waals surface area contributed by atoms with Crippen molar-refractivity contribution in [2.24, 2.45) is 0 Å². The lowest BCUT2D eigenvalue weighted by Crippen LogP contribution is -2.33. The van der Waals surface area contributed by atoms with Crippen molar-refractivity contribution < 1.29 is 13.2 Å². The highest BCUT2D eigenvalue weighted by molar-refractivity contribution is 7.89. The van der Waals surface area contributed by atoms with Crippen molar-refractivity contribution in [1.82, 2.24) is 14.3 Å². The number of hydrogen-bond donors (Lipinski definition) is 0. The van der Waals surface area contributed by atoms with E-state index in [-0.39, 0.29) is 10.8 Å². The van der Waals surface area contributed by atoms with Gasteiger partial charge >= 0.3 is 0 Å². The van der Waals surface area contributed by atoms with Gasteiger partial charge in [0, 0.05) is 39.8 Å². The molecule has 2 aromatic carbocycles. The summed E-state index contributed by atoms with van der Waals surface area (Å²) >= 11 is 0. The SMILES string of the molecule is Cc1cc(C(=O)N2CCCN(C)c3nc4ccccc4nc32)cc(S(=O)(=O)N(C)C)c1C. The monoisotopic (exact) mass is 453 g/mol. The van der Waals surface area contributed by atoms with Gasteiger partial charge in [0.05, 0.1) is 15.9 Å². The zero-order chi connectivity index (χ0) is 23.2. The molecule has 168 valence electrons. The summed E-state index contributed by atoms with van der Waals surface area (Å²) in [5.74, 6) is 0.841. The summed E-state index contributed by atoms with van der Waals surface area (Å²) in [7, 11) is 1.22. The number of para-hydroxylation sites is 2. The molecule has 0 unspecified atom stereocenters. The lowest BCUT2D eigenvalue weighted by atomic mass is 10.1. The van der Waals surface area contributed by atoms with E-state index in [1.54, 1.807) is 17.9 Å². The maximum Gasteiger partial charge on any atom is 0.259 e. The Kier molecular flexibility index (Phi) is 5.64. The van der Waals surface area contributed by atoms with E-state index in [1.165, 1.54) is 20.2 Å². The van der Waals surface area contributed by atoms with Crippen molar-refractivity contribution in [3.63, 3.8) is 0 Å². The summed E-state index contributed by atoms with van der Waals surface area (Å²) in [4.78, 5) is 27.0. The van der Waals surface area contributed by atoms with E-state index in [2.05, 4.69) is 0 Å². The van der Waals surface area contributed by atoms with Crippen LogP contribution in [0.15, 0.2) is 41.3 Å². The highest BCUT2D eigenvalue weighted by atomic mass is 32.2. The molecular formula is C23H27N5O3S. The van der Waals surface area contributed by atoms with Crippen molar-refractivity contribution >= 4 is 38.6 Å². The second-order valence-corrected chi connectivity index (χ2v) is 10.4. The molecule has 1 aliphatic rings. The molecule has 2 heterocycles. The molecule has 0 atom stereocenters. The first-order chi connectivity index (χ1) is 15.1. The van der Waals surface area contributed by atoms with Crippen LogP contribution in [0.1, 0.15) is 27.9 Å². The average Bonchev–Trinajstić information content (AvgIpc) is 2.91. The van der Waals surface area contributed by atoms with E-state index >= 15 is 0 Å². The molecule has 9 heteroatoms. The van der Waals surface area contributed by atoms with Crippen molar-refractivity contribution in [1.29, 1.82) is 0 Å². The Morgan fingerprint density at radius 2 is 1.62 bits per heavy atom. The van der Waals surface area contributed by atoms with Gasteiger partial charge in [0.25, 0.3) is 5.91 Å². The predicted molar refractivity (Wildman–Crippen MR) is 126 cm³/mol. The van der Waals surface area contributed by atoms with E-state index in [1.807, 2.05) is 43.1 Å². The van der Waals surface area contributed by atoms with Gasteiger partial charge in [-0.3, -0.25) is 9.69 Å². The van der Waals surface area contributed by atoms with Gasteiger partial charge in [-0.15, -0.1) is 0 Å². The Labute approximate surface area is 188 Å². The Bertz CT molecular complexity index is 1320. The second-order valence-electron chi connectivity index (χ2n) is 8.30. The molecule has 8 nitrogen and oxygen atoms in total. The maximum atomic E-state index is 13.7. The van der Waals surface area contributed by atoms with Crippen LogP contribution in [0, 0.1) is 13.8 Å². The topological polar surface area (TPSA) is 86.7 Å². The number of amides is 1. The number of anilines is 2. The molecule has 0 fully saturated rings. The minimum absolute atomic E-state index is 0.141. The van der Waals surface area contributed by atoms with Crippen LogP contribution in [0.25, 0.3) is 11.0 Å². The first-order valence-electron chi connectivity index (χ1n) is 10.4. The van der Waals surface area contributed by atoms with Crippen LogP contribution in [0.5, 0.6) is 0 Å². The molecule has 0 spiro atoms. The van der Waals surface area contributed by atoms with Gasteiger partial charge in [0.1, 0.15) is 0 Å². The van der Waals surface area contributed by atoms with Gasteiger partial charge in [-0.05, 0) is 55.7 Å². The maximum absolute atomic E-state index is 13.7. The number of hydrogen-bond acceptors (Lipinski definition) is 6. The van der Waals surface area contributed by atoms with E-state index < -0.39 is 10.0 Å². The Balaban J connectivity index is 1.86. The number of carbonyl (C=O) groups is 1. The van der Waals surface area contributed by atoms with Crippen LogP contribution < -0.4 is 9.80 Å². The third kappa shape index (κ3) is 3.71. The quantitative estimate of drug-likeness (QED) is 0.606. The number of fused-ring (bicyclic) bond motifs is 2. The molecule has 0 saturated heterocycles. The number of aryl methyl sites for hydroxylation is 1. The third-order valence-corrected chi connectivity index (χ3v) is 7.84. The molecule has 0 radical (unpaired) electrons. The molecule has 1 aromatic heterocycles. The number of carbonyl (C=O) groups excluding carboxylic acids is 1. The van der Waals surface area contributed by atoms with E-state index in [9.17, 15) is 13.2 Å². The van der Waals surface area contributed by atoms with Crippen molar-refractivity contribution in [3.05, 3.63) is 53.1 Å². The highest BCUT2D eigenvalue weighted by Crippen LogP contribution is 2.32. The highest BCUT2D eigenvalue weighted by Gasteiger charge is 2.29. The lowest BCUT2D eigenvalue weighted by Gasteiger charge is -2.24. The van der Waals surface area contributed by atoms with Gasteiger partial charge in [-0.2, -0.15) is 0 Å². The number of nitrogens with zero attached hydrogens (tertiary/aromatic N) is 5. The molecule has 0 bridgehead atoms. The third-order valence-electron chi connectivity index (χ3n) is 5.90. The van der Waals surface area contributed by atoms with Crippen LogP contribution in [-0.2, 0) is 10.0 Å². The molecule has 4 rings (SSSR count). The number of aromatic nitrogens is 2. The number of sulfonamides is 1. The number of rotatable bonds is 3.